The van der Waals surface area contributed by atoms with Crippen molar-refractivity contribution in [1.29, 1.82) is 0 Å². The molecule has 18 heavy (non-hydrogen) atoms. The first kappa shape index (κ1) is 12.4. The molecule has 0 spiro atoms. The summed E-state index contributed by atoms with van der Waals surface area (Å²) < 4.78 is 0. The lowest BCUT2D eigenvalue weighted by Crippen LogP contribution is -2.21. The lowest BCUT2D eigenvalue weighted by atomic mass is 10.1. The summed E-state index contributed by atoms with van der Waals surface area (Å²) in [5.41, 5.74) is 1.34. The molecule has 2 rings (SSSR count). The van der Waals surface area contributed by atoms with E-state index in [2.05, 4.69) is 44.5 Å². The summed E-state index contributed by atoms with van der Waals surface area (Å²) in [7, 11) is 3.90. The quantitative estimate of drug-likeness (QED) is 0.872. The van der Waals surface area contributed by atoms with E-state index < -0.39 is 0 Å². The number of benzene rings is 1. The normalized spacial score (nSPS) is 10.1. The van der Waals surface area contributed by atoms with Gasteiger partial charge in [0.1, 0.15) is 18.0 Å². The number of rotatable bonds is 5. The average Bonchev–Trinajstić information content (AvgIpc) is 2.46. The van der Waals surface area contributed by atoms with E-state index in [1.807, 2.05) is 26.2 Å². The summed E-state index contributed by atoms with van der Waals surface area (Å²) in [5, 5.41) is 3.02. The van der Waals surface area contributed by atoms with E-state index in [9.17, 15) is 0 Å². The Labute approximate surface area is 108 Å². The van der Waals surface area contributed by atoms with Gasteiger partial charge < -0.3 is 10.2 Å². The summed E-state index contributed by atoms with van der Waals surface area (Å²) in [6.45, 7) is 0.935. The minimum atomic E-state index is 0.839. The van der Waals surface area contributed by atoms with Crippen LogP contribution in [0.5, 0.6) is 0 Å². The van der Waals surface area contributed by atoms with Gasteiger partial charge >= 0.3 is 0 Å². The molecule has 0 unspecified atom stereocenters. The van der Waals surface area contributed by atoms with E-state index in [-0.39, 0.29) is 0 Å². The summed E-state index contributed by atoms with van der Waals surface area (Å²) in [5.74, 6) is 1.77. The van der Waals surface area contributed by atoms with Crippen LogP contribution in [0.3, 0.4) is 0 Å². The van der Waals surface area contributed by atoms with Crippen molar-refractivity contribution in [3.8, 4) is 0 Å². The highest BCUT2D eigenvalue weighted by Gasteiger charge is 2.03. The van der Waals surface area contributed by atoms with Crippen LogP contribution in [0.2, 0.25) is 0 Å². The number of nitrogens with zero attached hydrogens (tertiary/aromatic N) is 3. The summed E-state index contributed by atoms with van der Waals surface area (Å²) in [4.78, 5) is 10.5. The fraction of sp³-hybridized carbons (Fsp3) is 0.286. The molecule has 4 nitrogen and oxygen atoms in total. The van der Waals surface area contributed by atoms with Gasteiger partial charge in [-0.2, -0.15) is 0 Å². The zero-order chi connectivity index (χ0) is 12.8. The molecule has 0 bridgehead atoms. The van der Waals surface area contributed by atoms with Crippen LogP contribution in [0.4, 0.5) is 11.6 Å². The summed E-state index contributed by atoms with van der Waals surface area (Å²) in [6, 6.07) is 12.4. The number of aromatic nitrogens is 2. The topological polar surface area (TPSA) is 41.0 Å². The van der Waals surface area contributed by atoms with Gasteiger partial charge in [0.05, 0.1) is 0 Å². The Balaban J connectivity index is 1.97. The molecule has 0 radical (unpaired) electrons. The Hall–Kier alpha value is -2.10. The average molecular weight is 242 g/mol. The first-order chi connectivity index (χ1) is 8.79. The van der Waals surface area contributed by atoms with Crippen molar-refractivity contribution in [2.75, 3.05) is 30.9 Å². The van der Waals surface area contributed by atoms with Crippen LogP contribution in [-0.2, 0) is 6.42 Å². The van der Waals surface area contributed by atoms with Crippen LogP contribution in [0.1, 0.15) is 5.56 Å². The van der Waals surface area contributed by atoms with Crippen molar-refractivity contribution in [1.82, 2.24) is 9.97 Å². The maximum Gasteiger partial charge on any atom is 0.133 e. The molecule has 1 N–H and O–H groups in total. The molecular formula is C14H18N4. The first-order valence-corrected chi connectivity index (χ1v) is 6.04. The fourth-order valence-electron chi connectivity index (χ4n) is 1.75. The molecule has 0 aliphatic carbocycles. The largest absolute Gasteiger partial charge is 0.373 e. The van der Waals surface area contributed by atoms with Gasteiger partial charge in [0.2, 0.25) is 0 Å². The van der Waals surface area contributed by atoms with E-state index in [1.165, 1.54) is 5.56 Å². The van der Waals surface area contributed by atoms with Crippen LogP contribution >= 0.6 is 0 Å². The fourth-order valence-corrected chi connectivity index (χ4v) is 1.75. The number of anilines is 2. The molecular weight excluding hydrogens is 224 g/mol. The van der Waals surface area contributed by atoms with Crippen molar-refractivity contribution in [3.05, 3.63) is 48.3 Å². The minimum absolute atomic E-state index is 0.839. The van der Waals surface area contributed by atoms with Gasteiger partial charge in [0, 0.05) is 26.7 Å². The predicted octanol–water partition coefficient (Wildman–Crippen LogP) is 2.20. The van der Waals surface area contributed by atoms with Gasteiger partial charge in [-0.3, -0.25) is 0 Å². The van der Waals surface area contributed by atoms with E-state index in [1.54, 1.807) is 6.33 Å². The van der Waals surface area contributed by atoms with Crippen LogP contribution in [0, 0.1) is 0 Å². The third kappa shape index (κ3) is 3.20. The van der Waals surface area contributed by atoms with E-state index in [4.69, 9.17) is 0 Å². The lowest BCUT2D eigenvalue weighted by Gasteiger charge is -2.18. The number of hydrogen-bond acceptors (Lipinski definition) is 4. The third-order valence-corrected chi connectivity index (χ3v) is 2.88. The van der Waals surface area contributed by atoms with Crippen molar-refractivity contribution in [2.45, 2.75) is 6.42 Å². The Morgan fingerprint density at radius 3 is 2.67 bits per heavy atom. The van der Waals surface area contributed by atoms with E-state index in [0.29, 0.717) is 0 Å². The second kappa shape index (κ2) is 6.00. The second-order valence-electron chi connectivity index (χ2n) is 4.17. The number of hydrogen-bond donors (Lipinski definition) is 1. The van der Waals surface area contributed by atoms with Gasteiger partial charge in [-0.1, -0.05) is 30.3 Å². The lowest BCUT2D eigenvalue weighted by molar-refractivity contribution is 0.856. The van der Waals surface area contributed by atoms with Crippen LogP contribution in [0.15, 0.2) is 42.7 Å². The predicted molar refractivity (Wildman–Crippen MR) is 75.0 cm³/mol. The van der Waals surface area contributed by atoms with Crippen LogP contribution in [-0.4, -0.2) is 30.6 Å². The highest BCUT2D eigenvalue weighted by Crippen LogP contribution is 2.12. The minimum Gasteiger partial charge on any atom is -0.373 e. The van der Waals surface area contributed by atoms with Gasteiger partial charge in [-0.05, 0) is 12.0 Å². The van der Waals surface area contributed by atoms with Crippen LogP contribution < -0.4 is 10.2 Å². The second-order valence-corrected chi connectivity index (χ2v) is 4.17. The monoisotopic (exact) mass is 242 g/mol. The van der Waals surface area contributed by atoms with Crippen molar-refractivity contribution >= 4 is 11.6 Å². The molecule has 0 fully saturated rings. The van der Waals surface area contributed by atoms with Crippen molar-refractivity contribution in [2.24, 2.45) is 0 Å². The molecule has 1 aromatic carbocycles. The molecule has 94 valence electrons. The van der Waals surface area contributed by atoms with E-state index in [0.717, 1.165) is 24.6 Å². The highest BCUT2D eigenvalue weighted by atomic mass is 15.2. The SMILES string of the molecule is CNc1cc(N(C)CCc2ccccc2)ncn1. The molecule has 4 heteroatoms. The summed E-state index contributed by atoms with van der Waals surface area (Å²) in [6.07, 6.45) is 2.59. The summed E-state index contributed by atoms with van der Waals surface area (Å²) >= 11 is 0. The highest BCUT2D eigenvalue weighted by molar-refractivity contribution is 5.47. The molecule has 0 saturated heterocycles. The molecule has 0 atom stereocenters. The van der Waals surface area contributed by atoms with Gasteiger partial charge in [0.15, 0.2) is 0 Å². The maximum absolute atomic E-state index is 4.27. The Morgan fingerprint density at radius 2 is 1.94 bits per heavy atom. The van der Waals surface area contributed by atoms with Crippen molar-refractivity contribution < 1.29 is 0 Å². The first-order valence-electron chi connectivity index (χ1n) is 6.04. The third-order valence-electron chi connectivity index (χ3n) is 2.88. The molecule has 0 saturated carbocycles. The Bertz CT molecular complexity index is 484. The standard InChI is InChI=1S/C14H18N4/c1-15-13-10-14(17-11-16-13)18(2)9-8-12-6-4-3-5-7-12/h3-7,10-11H,8-9H2,1-2H3,(H,15,16,17). The van der Waals surface area contributed by atoms with Gasteiger partial charge in [0.25, 0.3) is 0 Å². The molecule has 0 aliphatic heterocycles. The molecule has 0 aliphatic rings. The maximum atomic E-state index is 4.27. The molecule has 1 aromatic heterocycles. The molecule has 0 amide bonds. The Kier molecular flexibility index (Phi) is 4.12. The number of likely N-dealkylation sites (N-methyl/N-ethyl adjacent to an activating group) is 1. The molecule has 2 aromatic rings. The van der Waals surface area contributed by atoms with Gasteiger partial charge in [-0.15, -0.1) is 0 Å². The number of nitrogens with one attached hydrogen (secondary N) is 1. The van der Waals surface area contributed by atoms with E-state index >= 15 is 0 Å². The van der Waals surface area contributed by atoms with Crippen molar-refractivity contribution in [3.63, 3.8) is 0 Å². The van der Waals surface area contributed by atoms with Crippen LogP contribution in [0.25, 0.3) is 0 Å². The van der Waals surface area contributed by atoms with Gasteiger partial charge in [-0.25, -0.2) is 9.97 Å². The Morgan fingerprint density at radius 1 is 1.17 bits per heavy atom. The zero-order valence-corrected chi connectivity index (χ0v) is 10.8. The molecule has 1 heterocycles. The zero-order valence-electron chi connectivity index (χ0n) is 10.8. The smallest absolute Gasteiger partial charge is 0.133 e.